The normalized spacial score (nSPS) is 59.7. The first-order valence-corrected chi connectivity index (χ1v) is 30.4. The lowest BCUT2D eigenvalue weighted by Gasteiger charge is -2.50. The van der Waals surface area contributed by atoms with Crippen LogP contribution < -0.4 is 31.9 Å². The summed E-state index contributed by atoms with van der Waals surface area (Å²) in [5, 5.41) is 27.4. The van der Waals surface area contributed by atoms with Gasteiger partial charge in [0.25, 0.3) is 0 Å². The van der Waals surface area contributed by atoms with Crippen molar-refractivity contribution in [3.63, 3.8) is 0 Å². The number of nitrogens with one attached hydrogen (secondary N) is 6. The van der Waals surface area contributed by atoms with E-state index in [1.165, 1.54) is 154 Å². The molecule has 24 unspecified atom stereocenters. The van der Waals surface area contributed by atoms with E-state index in [1.54, 1.807) is 0 Å². The van der Waals surface area contributed by atoms with Gasteiger partial charge in [-0.3, -0.25) is 41.0 Å². The molecule has 0 spiro atoms. The van der Waals surface area contributed by atoms with Crippen LogP contribution in [0.4, 0.5) is 0 Å². The van der Waals surface area contributed by atoms with Crippen LogP contribution in [0.2, 0.25) is 0 Å². The fourth-order valence-electron chi connectivity index (χ4n) is 19.9. The van der Waals surface area contributed by atoms with E-state index in [-0.39, 0.29) is 24.7 Å². The summed E-state index contributed by atoms with van der Waals surface area (Å²) in [7, 11) is -3.33. The summed E-state index contributed by atoms with van der Waals surface area (Å²) in [5.74, 6) is 12.2. The van der Waals surface area contributed by atoms with Crippen LogP contribution in [0.15, 0.2) is 0 Å². The smallest absolute Gasteiger partial charge is 0.286 e. The fraction of sp³-hybridized carbons (Fsp3) is 1.00. The molecule has 6 saturated heterocycles. The highest BCUT2D eigenvalue weighted by Gasteiger charge is 2.70. The molecule has 24 atom stereocenters. The van der Waals surface area contributed by atoms with Crippen LogP contribution in [0.25, 0.3) is 0 Å². The Morgan fingerprint density at radius 2 is 0.492 bits per heavy atom. The molecule has 0 radical (unpaired) electrons. The van der Waals surface area contributed by atoms with Crippen molar-refractivity contribution < 1.29 is 0 Å². The maximum Gasteiger partial charge on any atom is 0.413 e. The van der Waals surface area contributed by atoms with Crippen LogP contribution in [-0.4, -0.2) is 65.5 Å². The maximum absolute atomic E-state index is 8.73. The molecule has 8 aliphatic carbocycles. The van der Waals surface area contributed by atoms with Gasteiger partial charge in [0.2, 0.25) is 0 Å². The fourth-order valence-corrected chi connectivity index (χ4v) is 25.1. The summed E-state index contributed by atoms with van der Waals surface area (Å²) in [5.41, 5.74) is 0. The van der Waals surface area contributed by atoms with Crippen molar-refractivity contribution in [3.8, 4) is 0 Å². The number of rotatable bonds is 0. The molecule has 14 aliphatic rings. The molecule has 0 aromatic heterocycles. The van der Waals surface area contributed by atoms with E-state index in [2.05, 4.69) is 41.0 Å². The summed E-state index contributed by atoms with van der Waals surface area (Å²) in [6.45, 7) is 0. The van der Waals surface area contributed by atoms with Gasteiger partial charge in [-0.15, -0.1) is 22.2 Å². The minimum absolute atomic E-state index is 0.217. The zero-order valence-corrected chi connectivity index (χ0v) is 38.5. The molecule has 8 saturated carbocycles. The van der Waals surface area contributed by atoms with E-state index in [4.69, 9.17) is 22.2 Å². The molecule has 6 bridgehead atoms. The van der Waals surface area contributed by atoms with E-state index in [0.717, 1.165) is 47.3 Å². The lowest BCUT2D eigenvalue weighted by molar-refractivity contribution is 0.0496. The average Bonchev–Trinajstić information content (AvgIpc) is 3.95. The Balaban J connectivity index is 0.923. The molecule has 6 aliphatic heterocycles. The van der Waals surface area contributed by atoms with Crippen LogP contribution in [0, 0.1) is 94.7 Å². The number of hydrogen-bond acceptors (Lipinski definition) is 8. The predicted molar refractivity (Wildman–Crippen MR) is 237 cm³/mol. The van der Waals surface area contributed by atoms with Crippen molar-refractivity contribution in [1.29, 1.82) is 0 Å². The minimum atomic E-state index is -3.33. The summed E-state index contributed by atoms with van der Waals surface area (Å²) in [6.07, 6.45) is 36.4. The standard InChI is InChI=1S/C48H78Cl2N8Si/c49-59(50)57-45-37-21-29-13-5-6-14-30(29)22-38(37)47(57)55-43-35-19-27-11-3-4-12-28(27)20-36(35)44(52-43)56-48-40-24-32-16-8-7-15-31(32)23-39(40)46(58(48)59)54-42-34-18-26-10-2-1-9-25(26)17-33(34)41(51-42)53-45/h25-48,51-56H,1-24H2. The molecule has 6 heterocycles. The van der Waals surface area contributed by atoms with E-state index in [0.29, 0.717) is 72.0 Å². The third kappa shape index (κ3) is 5.99. The molecule has 14 fully saturated rings. The molecule has 59 heavy (non-hydrogen) atoms. The van der Waals surface area contributed by atoms with Crippen LogP contribution >= 0.6 is 22.2 Å². The first-order chi connectivity index (χ1) is 28.9. The maximum atomic E-state index is 8.73. The average molecular weight is 866 g/mol. The summed E-state index contributed by atoms with van der Waals surface area (Å²) in [4.78, 5) is 0. The molecule has 11 heteroatoms. The molecular weight excluding hydrogens is 788 g/mol. The van der Waals surface area contributed by atoms with Crippen molar-refractivity contribution in [2.45, 2.75) is 203 Å². The lowest BCUT2D eigenvalue weighted by atomic mass is 9.62. The zero-order chi connectivity index (χ0) is 38.7. The highest BCUT2D eigenvalue weighted by Crippen LogP contribution is 2.60. The van der Waals surface area contributed by atoms with Crippen LogP contribution in [0.3, 0.4) is 0 Å². The summed E-state index contributed by atoms with van der Waals surface area (Å²) < 4.78 is 5.78. The second-order valence-corrected chi connectivity index (χ2v) is 30.2. The topological polar surface area (TPSA) is 78.7 Å². The molecule has 6 N–H and O–H groups in total. The monoisotopic (exact) mass is 865 g/mol. The molecule has 0 aromatic carbocycles. The van der Waals surface area contributed by atoms with E-state index >= 15 is 0 Å². The molecule has 0 amide bonds. The van der Waals surface area contributed by atoms with Crippen LogP contribution in [0.5, 0.6) is 0 Å². The Morgan fingerprint density at radius 3 is 0.712 bits per heavy atom. The van der Waals surface area contributed by atoms with Crippen molar-refractivity contribution in [3.05, 3.63) is 0 Å². The Morgan fingerprint density at radius 1 is 0.288 bits per heavy atom. The van der Waals surface area contributed by atoms with Crippen molar-refractivity contribution in [2.24, 2.45) is 94.7 Å². The highest BCUT2D eigenvalue weighted by atomic mass is 35.7. The number of halogens is 2. The first-order valence-electron chi connectivity index (χ1n) is 26.5. The van der Waals surface area contributed by atoms with E-state index in [9.17, 15) is 0 Å². The largest absolute Gasteiger partial charge is 0.413 e. The van der Waals surface area contributed by atoms with Crippen molar-refractivity contribution in [2.75, 3.05) is 0 Å². The van der Waals surface area contributed by atoms with E-state index < -0.39 is 7.02 Å². The predicted octanol–water partition coefficient (Wildman–Crippen LogP) is 8.06. The van der Waals surface area contributed by atoms with Gasteiger partial charge in [-0.2, -0.15) is 0 Å². The van der Waals surface area contributed by atoms with Crippen LogP contribution in [-0.2, 0) is 0 Å². The molecule has 14 rings (SSSR count). The summed E-state index contributed by atoms with van der Waals surface area (Å²) in [6, 6.07) is 0. The highest BCUT2D eigenvalue weighted by molar-refractivity contribution is 7.42. The zero-order valence-electron chi connectivity index (χ0n) is 36.0. The third-order valence-electron chi connectivity index (χ3n) is 22.3. The SMILES string of the molecule is Cl[Si]1(Cl)N2C3NC4NC(NC5C6CC7CCCCC7CC6C(NC6NC(NC2C2CC7CCCCC7CC23)C2CC3CCCCC3CC62)N51)C1CC2CCCCC2CC41. The Kier molecular flexibility index (Phi) is 9.67. The second kappa shape index (κ2) is 14.7. The molecule has 328 valence electrons. The van der Waals surface area contributed by atoms with Gasteiger partial charge in [0.15, 0.2) is 0 Å². The third-order valence-corrected chi connectivity index (χ3v) is 27.0. The van der Waals surface area contributed by atoms with Crippen LogP contribution in [0.1, 0.15) is 154 Å². The Bertz CT molecular complexity index is 1390. The van der Waals surface area contributed by atoms with Gasteiger partial charge in [0.1, 0.15) is 0 Å². The number of hydrogen-bond donors (Lipinski definition) is 6. The van der Waals surface area contributed by atoms with Crippen molar-refractivity contribution in [1.82, 2.24) is 41.0 Å². The molecule has 0 aromatic rings. The minimum Gasteiger partial charge on any atom is -0.286 e. The summed E-state index contributed by atoms with van der Waals surface area (Å²) >= 11 is 17.5. The quantitative estimate of drug-likeness (QED) is 0.108. The second-order valence-electron chi connectivity index (χ2n) is 24.4. The first kappa shape index (κ1) is 38.7. The number of fused-ring (bicyclic) bond motifs is 20. The molecule has 8 nitrogen and oxygen atoms in total. The van der Waals surface area contributed by atoms with Gasteiger partial charge in [-0.25, -0.2) is 0 Å². The molecular formula is C48H78Cl2N8Si. The van der Waals surface area contributed by atoms with E-state index in [1.807, 2.05) is 0 Å². The Hall–Kier alpha value is 0.477. The van der Waals surface area contributed by atoms with Gasteiger partial charge < -0.3 is 0 Å². The van der Waals surface area contributed by atoms with Gasteiger partial charge in [0.05, 0.1) is 49.3 Å². The van der Waals surface area contributed by atoms with Crippen molar-refractivity contribution >= 4 is 29.2 Å². The van der Waals surface area contributed by atoms with Gasteiger partial charge in [-0.05, 0) is 146 Å². The van der Waals surface area contributed by atoms with Gasteiger partial charge >= 0.3 is 7.02 Å². The van der Waals surface area contributed by atoms with Gasteiger partial charge in [0, 0.05) is 0 Å². The number of nitrogens with zero attached hydrogens (tertiary/aromatic N) is 2. The lowest BCUT2D eigenvalue weighted by Crippen LogP contribution is -2.77. The Labute approximate surface area is 366 Å². The van der Waals surface area contributed by atoms with Gasteiger partial charge in [-0.1, -0.05) is 103 Å².